The first-order valence-corrected chi connectivity index (χ1v) is 6.65. The smallest absolute Gasteiger partial charge is 0.222 e. The number of nitrogens with one attached hydrogen (secondary N) is 2. The van der Waals surface area contributed by atoms with Crippen molar-refractivity contribution >= 4 is 11.8 Å². The van der Waals surface area contributed by atoms with Crippen LogP contribution >= 0.6 is 0 Å². The Kier molecular flexibility index (Phi) is 5.70. The lowest BCUT2D eigenvalue weighted by molar-refractivity contribution is -0.123. The molecule has 0 spiro atoms. The Bertz CT molecular complexity index is 452. The maximum atomic E-state index is 11.9. The Labute approximate surface area is 119 Å². The van der Waals surface area contributed by atoms with Crippen LogP contribution in [0.2, 0.25) is 0 Å². The highest BCUT2D eigenvalue weighted by molar-refractivity contribution is 5.79. The number of nitrogens with two attached hydrogens (primary N) is 1. The third kappa shape index (κ3) is 6.33. The molecule has 1 rings (SSSR count). The number of amides is 2. The molecular weight excluding hydrogens is 254 g/mol. The van der Waals surface area contributed by atoms with Crippen LogP contribution in [0.3, 0.4) is 0 Å². The van der Waals surface area contributed by atoms with Crippen molar-refractivity contribution in [2.45, 2.75) is 38.8 Å². The van der Waals surface area contributed by atoms with E-state index in [9.17, 15) is 9.59 Å². The van der Waals surface area contributed by atoms with Crippen LogP contribution in [0, 0.1) is 0 Å². The quantitative estimate of drug-likeness (QED) is 0.728. The summed E-state index contributed by atoms with van der Waals surface area (Å²) in [6.07, 6.45) is 0.194. The summed E-state index contributed by atoms with van der Waals surface area (Å²) in [4.78, 5) is 23.2. The van der Waals surface area contributed by atoms with Gasteiger partial charge in [-0.15, -0.1) is 0 Å². The third-order valence-corrected chi connectivity index (χ3v) is 2.71. The van der Waals surface area contributed by atoms with E-state index in [1.54, 1.807) is 0 Å². The van der Waals surface area contributed by atoms with Crippen LogP contribution in [0.1, 0.15) is 38.8 Å². The number of carbonyl (C=O) groups excluding carboxylic acids is 2. The standard InChI is InChI=1S/C15H23N3O2/c1-11(19)18-13(12-7-5-4-6-8-12)9-14(20)17-10-15(2,3)16/h4-8,13H,9-10,16H2,1-3H3,(H,17,20)(H,18,19). The van der Waals surface area contributed by atoms with Crippen molar-refractivity contribution in [2.75, 3.05) is 6.54 Å². The topological polar surface area (TPSA) is 84.2 Å². The molecule has 0 aromatic heterocycles. The maximum absolute atomic E-state index is 11.9. The van der Waals surface area contributed by atoms with Crippen LogP contribution in [0.15, 0.2) is 30.3 Å². The van der Waals surface area contributed by atoms with E-state index < -0.39 is 5.54 Å². The molecule has 1 aromatic rings. The molecule has 0 aliphatic heterocycles. The van der Waals surface area contributed by atoms with Crippen molar-refractivity contribution in [1.29, 1.82) is 0 Å². The first-order valence-electron chi connectivity index (χ1n) is 6.65. The summed E-state index contributed by atoms with van der Waals surface area (Å²) in [6.45, 7) is 5.52. The first kappa shape index (κ1) is 16.2. The van der Waals surface area contributed by atoms with Gasteiger partial charge in [0.05, 0.1) is 12.5 Å². The molecule has 0 radical (unpaired) electrons. The molecule has 0 fully saturated rings. The van der Waals surface area contributed by atoms with E-state index in [4.69, 9.17) is 5.73 Å². The van der Waals surface area contributed by atoms with Gasteiger partial charge in [-0.2, -0.15) is 0 Å². The summed E-state index contributed by atoms with van der Waals surface area (Å²) in [5.74, 6) is -0.295. The summed E-state index contributed by atoms with van der Waals surface area (Å²) in [7, 11) is 0. The molecular formula is C15H23N3O2. The molecule has 0 aliphatic rings. The van der Waals surface area contributed by atoms with Crippen molar-refractivity contribution in [3.05, 3.63) is 35.9 Å². The summed E-state index contributed by atoms with van der Waals surface area (Å²) in [5, 5.41) is 5.57. The largest absolute Gasteiger partial charge is 0.354 e. The molecule has 0 bridgehead atoms. The zero-order valence-corrected chi connectivity index (χ0v) is 12.3. The second kappa shape index (κ2) is 7.05. The molecule has 0 saturated heterocycles. The number of benzene rings is 1. The number of hydrogen-bond acceptors (Lipinski definition) is 3. The zero-order chi connectivity index (χ0) is 15.2. The molecule has 0 saturated carbocycles. The molecule has 5 nitrogen and oxygen atoms in total. The fraction of sp³-hybridized carbons (Fsp3) is 0.467. The minimum Gasteiger partial charge on any atom is -0.354 e. The fourth-order valence-electron chi connectivity index (χ4n) is 1.77. The lowest BCUT2D eigenvalue weighted by Crippen LogP contribution is -2.45. The van der Waals surface area contributed by atoms with Crippen LogP contribution in [0.4, 0.5) is 0 Å². The fourth-order valence-corrected chi connectivity index (χ4v) is 1.77. The monoisotopic (exact) mass is 277 g/mol. The highest BCUT2D eigenvalue weighted by Crippen LogP contribution is 2.16. The Morgan fingerprint density at radius 2 is 1.85 bits per heavy atom. The second-order valence-corrected chi connectivity index (χ2v) is 5.63. The summed E-state index contributed by atoms with van der Waals surface area (Å²) >= 11 is 0. The molecule has 1 atom stereocenters. The van der Waals surface area contributed by atoms with Gasteiger partial charge in [-0.25, -0.2) is 0 Å². The van der Waals surface area contributed by atoms with Crippen molar-refractivity contribution in [1.82, 2.24) is 10.6 Å². The molecule has 2 amide bonds. The first-order chi connectivity index (χ1) is 9.28. The van der Waals surface area contributed by atoms with E-state index in [1.165, 1.54) is 6.92 Å². The van der Waals surface area contributed by atoms with Gasteiger partial charge in [-0.05, 0) is 19.4 Å². The summed E-state index contributed by atoms with van der Waals surface area (Å²) in [5.41, 5.74) is 6.28. The van der Waals surface area contributed by atoms with Crippen molar-refractivity contribution in [2.24, 2.45) is 5.73 Å². The van der Waals surface area contributed by atoms with E-state index >= 15 is 0 Å². The average Bonchev–Trinajstić information content (AvgIpc) is 2.35. The normalized spacial score (nSPS) is 12.6. The van der Waals surface area contributed by atoms with Gasteiger partial charge in [-0.3, -0.25) is 9.59 Å². The van der Waals surface area contributed by atoms with Gasteiger partial charge in [0.25, 0.3) is 0 Å². The van der Waals surface area contributed by atoms with Crippen molar-refractivity contribution in [3.63, 3.8) is 0 Å². The van der Waals surface area contributed by atoms with Crippen LogP contribution in [0.5, 0.6) is 0 Å². The third-order valence-electron chi connectivity index (χ3n) is 2.71. The number of rotatable bonds is 6. The van der Waals surface area contributed by atoms with Gasteiger partial charge in [0, 0.05) is 19.0 Å². The van der Waals surface area contributed by atoms with Crippen LogP contribution in [-0.2, 0) is 9.59 Å². The van der Waals surface area contributed by atoms with Gasteiger partial charge in [0.1, 0.15) is 0 Å². The van der Waals surface area contributed by atoms with Gasteiger partial charge in [-0.1, -0.05) is 30.3 Å². The summed E-state index contributed by atoms with van der Waals surface area (Å²) in [6, 6.07) is 9.11. The van der Waals surface area contributed by atoms with E-state index in [1.807, 2.05) is 44.2 Å². The van der Waals surface area contributed by atoms with Gasteiger partial charge in [0.15, 0.2) is 0 Å². The predicted octanol–water partition coefficient (Wildman–Crippen LogP) is 1.11. The summed E-state index contributed by atoms with van der Waals surface area (Å²) < 4.78 is 0. The van der Waals surface area contributed by atoms with Gasteiger partial charge >= 0.3 is 0 Å². The lowest BCUT2D eigenvalue weighted by atomic mass is 10.0. The van der Waals surface area contributed by atoms with Crippen molar-refractivity contribution < 1.29 is 9.59 Å². The highest BCUT2D eigenvalue weighted by Gasteiger charge is 2.18. The minimum atomic E-state index is -0.452. The van der Waals surface area contributed by atoms with Gasteiger partial charge < -0.3 is 16.4 Å². The molecule has 0 aliphatic carbocycles. The molecule has 4 N–H and O–H groups in total. The van der Waals surface area contributed by atoms with E-state index in [0.717, 1.165) is 5.56 Å². The lowest BCUT2D eigenvalue weighted by Gasteiger charge is -2.21. The molecule has 0 heterocycles. The molecule has 110 valence electrons. The minimum absolute atomic E-state index is 0.133. The number of hydrogen-bond donors (Lipinski definition) is 3. The Morgan fingerprint density at radius 1 is 1.25 bits per heavy atom. The number of carbonyl (C=O) groups is 2. The molecule has 5 heteroatoms. The maximum Gasteiger partial charge on any atom is 0.222 e. The van der Waals surface area contributed by atoms with Crippen molar-refractivity contribution in [3.8, 4) is 0 Å². The van der Waals surface area contributed by atoms with Gasteiger partial charge in [0.2, 0.25) is 11.8 Å². The van der Waals surface area contributed by atoms with Crippen LogP contribution < -0.4 is 16.4 Å². The second-order valence-electron chi connectivity index (χ2n) is 5.63. The van der Waals surface area contributed by atoms with Crippen LogP contribution in [-0.4, -0.2) is 23.9 Å². The van der Waals surface area contributed by atoms with Crippen LogP contribution in [0.25, 0.3) is 0 Å². The predicted molar refractivity (Wildman–Crippen MR) is 78.9 cm³/mol. The Hall–Kier alpha value is -1.88. The SMILES string of the molecule is CC(=O)NC(CC(=O)NCC(C)(C)N)c1ccccc1. The Morgan fingerprint density at radius 3 is 2.35 bits per heavy atom. The van der Waals surface area contributed by atoms with E-state index in [-0.39, 0.29) is 24.3 Å². The molecule has 1 unspecified atom stereocenters. The Balaban J connectivity index is 2.66. The zero-order valence-electron chi connectivity index (χ0n) is 12.3. The van der Waals surface area contributed by atoms with E-state index in [2.05, 4.69) is 10.6 Å². The average molecular weight is 277 g/mol. The molecule has 20 heavy (non-hydrogen) atoms. The highest BCUT2D eigenvalue weighted by atomic mass is 16.2. The van der Waals surface area contributed by atoms with E-state index in [0.29, 0.717) is 6.54 Å². The molecule has 1 aromatic carbocycles.